The lowest BCUT2D eigenvalue weighted by Crippen LogP contribution is -2.05. The maximum Gasteiger partial charge on any atom is 0.132 e. The largest absolute Gasteiger partial charge is 0.330 e. The van der Waals surface area contributed by atoms with Crippen molar-refractivity contribution in [3.8, 4) is 0 Å². The fourth-order valence-corrected chi connectivity index (χ4v) is 2.17. The first kappa shape index (κ1) is 8.63. The molecule has 2 atom stereocenters. The van der Waals surface area contributed by atoms with Gasteiger partial charge in [-0.15, -0.1) is 0 Å². The maximum absolute atomic E-state index is 5.68. The van der Waals surface area contributed by atoms with Crippen molar-refractivity contribution < 1.29 is 0 Å². The number of rotatable bonds is 2. The van der Waals surface area contributed by atoms with E-state index in [-0.39, 0.29) is 5.41 Å². The summed E-state index contributed by atoms with van der Waals surface area (Å²) in [5.74, 6) is 1.96. The Hall–Kier alpha value is -0.960. The Kier molecular flexibility index (Phi) is 1.84. The molecule has 0 spiro atoms. The summed E-state index contributed by atoms with van der Waals surface area (Å²) < 4.78 is 0. The molecule has 2 N–H and O–H groups in total. The van der Waals surface area contributed by atoms with Crippen molar-refractivity contribution in [1.29, 1.82) is 0 Å². The lowest BCUT2D eigenvalue weighted by atomic mass is 10.1. The number of hydrogen-bond acceptors (Lipinski definition) is 3. The Balaban J connectivity index is 2.22. The first-order valence-corrected chi connectivity index (χ1v) is 4.65. The van der Waals surface area contributed by atoms with Crippen LogP contribution in [0.3, 0.4) is 0 Å². The minimum atomic E-state index is 0.288. The van der Waals surface area contributed by atoms with E-state index in [1.165, 1.54) is 0 Å². The molecule has 2 rings (SSSR count). The third kappa shape index (κ3) is 1.23. The van der Waals surface area contributed by atoms with Crippen molar-refractivity contribution in [2.24, 2.45) is 17.1 Å². The summed E-state index contributed by atoms with van der Waals surface area (Å²) in [5.41, 5.74) is 5.97. The Morgan fingerprint density at radius 3 is 2.46 bits per heavy atom. The highest BCUT2D eigenvalue weighted by Gasteiger charge is 2.58. The molecule has 1 aliphatic rings. The quantitative estimate of drug-likeness (QED) is 0.738. The van der Waals surface area contributed by atoms with Crippen molar-refractivity contribution in [3.05, 3.63) is 24.3 Å². The van der Waals surface area contributed by atoms with Gasteiger partial charge in [0.2, 0.25) is 0 Å². The van der Waals surface area contributed by atoms with Crippen LogP contribution in [0.5, 0.6) is 0 Å². The molecule has 0 unspecified atom stereocenters. The van der Waals surface area contributed by atoms with Crippen LogP contribution >= 0.6 is 0 Å². The van der Waals surface area contributed by atoms with Crippen molar-refractivity contribution in [2.45, 2.75) is 19.8 Å². The summed E-state index contributed by atoms with van der Waals surface area (Å²) in [4.78, 5) is 8.54. The molecule has 0 saturated heterocycles. The predicted octanol–water partition coefficient (Wildman–Crippen LogP) is 1.17. The molecule has 3 nitrogen and oxygen atoms in total. The van der Waals surface area contributed by atoms with E-state index in [9.17, 15) is 0 Å². The van der Waals surface area contributed by atoms with Crippen molar-refractivity contribution in [3.63, 3.8) is 0 Å². The van der Waals surface area contributed by atoms with Gasteiger partial charge in [0.15, 0.2) is 0 Å². The highest BCUT2D eigenvalue weighted by molar-refractivity contribution is 5.20. The van der Waals surface area contributed by atoms with E-state index < -0.39 is 0 Å². The molecule has 0 radical (unpaired) electrons. The number of aromatic nitrogens is 2. The molecule has 1 aliphatic carbocycles. The van der Waals surface area contributed by atoms with Gasteiger partial charge in [0.1, 0.15) is 5.82 Å². The zero-order chi connectivity index (χ0) is 9.47. The smallest absolute Gasteiger partial charge is 0.132 e. The van der Waals surface area contributed by atoms with Gasteiger partial charge in [0, 0.05) is 18.3 Å². The minimum Gasteiger partial charge on any atom is -0.330 e. The van der Waals surface area contributed by atoms with Gasteiger partial charge < -0.3 is 5.73 Å². The molecule has 13 heavy (non-hydrogen) atoms. The average molecular weight is 177 g/mol. The van der Waals surface area contributed by atoms with Gasteiger partial charge in [-0.2, -0.15) is 0 Å². The second-order valence-corrected chi connectivity index (χ2v) is 4.25. The van der Waals surface area contributed by atoms with E-state index in [0.717, 1.165) is 12.4 Å². The van der Waals surface area contributed by atoms with E-state index in [0.29, 0.717) is 11.8 Å². The second-order valence-electron chi connectivity index (χ2n) is 4.25. The topological polar surface area (TPSA) is 51.8 Å². The van der Waals surface area contributed by atoms with Crippen LogP contribution in [0, 0.1) is 11.3 Å². The molecule has 1 saturated carbocycles. The molecule has 0 amide bonds. The van der Waals surface area contributed by atoms with E-state index in [1.807, 2.05) is 6.07 Å². The van der Waals surface area contributed by atoms with Crippen LogP contribution in [-0.4, -0.2) is 16.5 Å². The first-order chi connectivity index (χ1) is 6.18. The molecule has 0 bridgehead atoms. The molecule has 3 heteroatoms. The van der Waals surface area contributed by atoms with E-state index in [1.54, 1.807) is 12.4 Å². The van der Waals surface area contributed by atoms with Crippen molar-refractivity contribution >= 4 is 0 Å². The highest BCUT2D eigenvalue weighted by atomic mass is 14.9. The van der Waals surface area contributed by atoms with Crippen LogP contribution in [0.25, 0.3) is 0 Å². The van der Waals surface area contributed by atoms with E-state index >= 15 is 0 Å². The molecule has 0 aliphatic heterocycles. The van der Waals surface area contributed by atoms with Crippen molar-refractivity contribution in [2.75, 3.05) is 6.54 Å². The van der Waals surface area contributed by atoms with Gasteiger partial charge in [-0.05, 0) is 23.9 Å². The lowest BCUT2D eigenvalue weighted by Gasteiger charge is -1.99. The summed E-state index contributed by atoms with van der Waals surface area (Å²) in [6.45, 7) is 5.19. The van der Waals surface area contributed by atoms with Gasteiger partial charge in [-0.25, -0.2) is 9.97 Å². The zero-order valence-corrected chi connectivity index (χ0v) is 8.07. The summed E-state index contributed by atoms with van der Waals surface area (Å²) in [6.07, 6.45) is 3.59. The Morgan fingerprint density at radius 2 is 2.00 bits per heavy atom. The molecule has 1 aromatic rings. The fourth-order valence-electron chi connectivity index (χ4n) is 2.17. The number of hydrogen-bond donors (Lipinski definition) is 1. The normalized spacial score (nSPS) is 30.1. The minimum absolute atomic E-state index is 0.288. The average Bonchev–Trinajstić information content (AvgIpc) is 2.69. The van der Waals surface area contributed by atoms with Crippen LogP contribution < -0.4 is 5.73 Å². The van der Waals surface area contributed by atoms with Gasteiger partial charge >= 0.3 is 0 Å². The molecule has 1 heterocycles. The fraction of sp³-hybridized carbons (Fsp3) is 0.600. The molecule has 0 aromatic carbocycles. The maximum atomic E-state index is 5.68. The van der Waals surface area contributed by atoms with Crippen LogP contribution in [0.15, 0.2) is 18.5 Å². The lowest BCUT2D eigenvalue weighted by molar-refractivity contribution is 0.555. The van der Waals surface area contributed by atoms with Gasteiger partial charge in [0.25, 0.3) is 0 Å². The number of nitrogens with zero attached hydrogens (tertiary/aromatic N) is 2. The molecule has 1 aromatic heterocycles. The number of nitrogens with two attached hydrogens (primary N) is 1. The second kappa shape index (κ2) is 2.77. The van der Waals surface area contributed by atoms with Gasteiger partial charge in [-0.3, -0.25) is 0 Å². The Bertz CT molecular complexity index is 294. The van der Waals surface area contributed by atoms with Crippen LogP contribution in [0.4, 0.5) is 0 Å². The zero-order valence-electron chi connectivity index (χ0n) is 8.07. The standard InChI is InChI=1S/C10H15N3/c1-10(2)7(6-11)8(10)9-12-4-3-5-13-9/h3-5,7-8H,6,11H2,1-2H3/t7-,8+/m0/s1. The Morgan fingerprint density at radius 1 is 1.38 bits per heavy atom. The summed E-state index contributed by atoms with van der Waals surface area (Å²) in [5, 5.41) is 0. The summed E-state index contributed by atoms with van der Waals surface area (Å²) in [6, 6.07) is 1.84. The first-order valence-electron chi connectivity index (χ1n) is 4.65. The van der Waals surface area contributed by atoms with Crippen LogP contribution in [-0.2, 0) is 0 Å². The van der Waals surface area contributed by atoms with E-state index in [4.69, 9.17) is 5.73 Å². The summed E-state index contributed by atoms with van der Waals surface area (Å²) in [7, 11) is 0. The SMILES string of the molecule is CC1(C)[C@@H](CN)[C@@H]1c1ncccn1. The monoisotopic (exact) mass is 177 g/mol. The molecule has 70 valence electrons. The van der Waals surface area contributed by atoms with Gasteiger partial charge in [0.05, 0.1) is 0 Å². The molecular weight excluding hydrogens is 162 g/mol. The third-order valence-corrected chi connectivity index (χ3v) is 3.17. The van der Waals surface area contributed by atoms with Crippen LogP contribution in [0.1, 0.15) is 25.6 Å². The highest BCUT2D eigenvalue weighted by Crippen LogP contribution is 2.62. The summed E-state index contributed by atoms with van der Waals surface area (Å²) >= 11 is 0. The molecule has 1 fully saturated rings. The van der Waals surface area contributed by atoms with Gasteiger partial charge in [-0.1, -0.05) is 13.8 Å². The molecular formula is C10H15N3. The van der Waals surface area contributed by atoms with E-state index in [2.05, 4.69) is 23.8 Å². The third-order valence-electron chi connectivity index (χ3n) is 3.17. The Labute approximate surface area is 78.4 Å². The van der Waals surface area contributed by atoms with Crippen molar-refractivity contribution in [1.82, 2.24) is 9.97 Å². The van der Waals surface area contributed by atoms with Crippen LogP contribution in [0.2, 0.25) is 0 Å². The predicted molar refractivity (Wildman–Crippen MR) is 51.1 cm³/mol.